The van der Waals surface area contributed by atoms with Crippen LogP contribution < -0.4 is 5.73 Å². The summed E-state index contributed by atoms with van der Waals surface area (Å²) >= 11 is 5.96. The molecule has 3 aromatic rings. The number of nitrogens with zero attached hydrogens (tertiary/aromatic N) is 2. The van der Waals surface area contributed by atoms with E-state index in [9.17, 15) is 9.59 Å². The van der Waals surface area contributed by atoms with E-state index in [1.165, 1.54) is 4.90 Å². The van der Waals surface area contributed by atoms with Crippen LogP contribution in [0, 0.1) is 6.92 Å². The average Bonchev–Trinajstić information content (AvgIpc) is 3.08. The molecule has 0 aliphatic carbocycles. The predicted octanol–water partition coefficient (Wildman–Crippen LogP) is 3.36. The van der Waals surface area contributed by atoms with Crippen LogP contribution in [0.2, 0.25) is 5.02 Å². The monoisotopic (exact) mass is 395 g/mol. The van der Waals surface area contributed by atoms with Gasteiger partial charge in [0, 0.05) is 23.6 Å². The lowest BCUT2D eigenvalue weighted by atomic mass is 9.92. The first-order valence-electron chi connectivity index (χ1n) is 8.85. The van der Waals surface area contributed by atoms with Crippen molar-refractivity contribution in [1.82, 2.24) is 10.1 Å². The van der Waals surface area contributed by atoms with Crippen LogP contribution in [0.15, 0.2) is 53.1 Å². The Balaban J connectivity index is 1.76. The summed E-state index contributed by atoms with van der Waals surface area (Å²) in [6, 6.07) is 14.0. The normalized spacial score (nSPS) is 15.9. The van der Waals surface area contributed by atoms with Crippen LogP contribution in [0.5, 0.6) is 0 Å². The first-order valence-corrected chi connectivity index (χ1v) is 9.22. The molecule has 2 heterocycles. The molecule has 1 unspecified atom stereocenters. The van der Waals surface area contributed by atoms with Crippen molar-refractivity contribution in [1.29, 1.82) is 0 Å². The van der Waals surface area contributed by atoms with Crippen LogP contribution in [0.3, 0.4) is 0 Å². The summed E-state index contributed by atoms with van der Waals surface area (Å²) in [5.74, 6) is -0.482. The summed E-state index contributed by atoms with van der Waals surface area (Å²) < 4.78 is 5.31. The van der Waals surface area contributed by atoms with Gasteiger partial charge in [-0.05, 0) is 30.2 Å². The molecule has 1 aliphatic heterocycles. The number of halogens is 1. The van der Waals surface area contributed by atoms with Crippen molar-refractivity contribution >= 4 is 23.4 Å². The molecule has 2 amide bonds. The fraction of sp³-hybridized carbons (Fsp3) is 0.190. The van der Waals surface area contributed by atoms with Crippen molar-refractivity contribution in [2.75, 3.05) is 0 Å². The van der Waals surface area contributed by atoms with Crippen molar-refractivity contribution in [3.8, 4) is 11.3 Å². The van der Waals surface area contributed by atoms with Crippen LogP contribution in [-0.4, -0.2) is 27.9 Å². The molecular formula is C21H18ClN3O3. The largest absolute Gasteiger partial charge is 0.368 e. The Bertz CT molecular complexity index is 1060. The van der Waals surface area contributed by atoms with Crippen molar-refractivity contribution in [3.63, 3.8) is 0 Å². The van der Waals surface area contributed by atoms with Crippen molar-refractivity contribution in [3.05, 3.63) is 76.0 Å². The number of aryl methyl sites for hydroxylation is 1. The number of amides is 2. The van der Waals surface area contributed by atoms with Gasteiger partial charge in [0.2, 0.25) is 5.91 Å². The number of fused-ring (bicyclic) bond motifs is 1. The molecule has 7 heteroatoms. The molecule has 6 nitrogen and oxygen atoms in total. The molecule has 0 saturated carbocycles. The lowest BCUT2D eigenvalue weighted by Crippen LogP contribution is -2.51. The number of benzene rings is 2. The van der Waals surface area contributed by atoms with E-state index in [4.69, 9.17) is 21.9 Å². The van der Waals surface area contributed by atoms with Gasteiger partial charge in [0.1, 0.15) is 23.1 Å². The molecule has 0 bridgehead atoms. The van der Waals surface area contributed by atoms with Crippen LogP contribution in [-0.2, 0) is 17.8 Å². The smallest absolute Gasteiger partial charge is 0.260 e. The Morgan fingerprint density at radius 3 is 2.50 bits per heavy atom. The Kier molecular flexibility index (Phi) is 4.65. The molecule has 1 aromatic heterocycles. The lowest BCUT2D eigenvalue weighted by molar-refractivity contribution is -0.122. The number of nitrogens with two attached hydrogens (primary N) is 1. The number of aromatic nitrogens is 1. The van der Waals surface area contributed by atoms with Crippen LogP contribution >= 0.6 is 11.6 Å². The van der Waals surface area contributed by atoms with Crippen LogP contribution in [0.4, 0.5) is 0 Å². The SMILES string of the molecule is Cc1onc(-c2ccc(Cl)cc2)c1C(=O)N1Cc2ccccc2CC1C(N)=O. The number of rotatable bonds is 3. The fourth-order valence-electron chi connectivity index (χ4n) is 3.56. The highest BCUT2D eigenvalue weighted by atomic mass is 35.5. The van der Waals surface area contributed by atoms with E-state index in [1.807, 2.05) is 24.3 Å². The number of carbonyl (C=O) groups excluding carboxylic acids is 2. The molecule has 2 aromatic carbocycles. The van der Waals surface area contributed by atoms with Crippen molar-refractivity contribution in [2.24, 2.45) is 5.73 Å². The zero-order valence-electron chi connectivity index (χ0n) is 15.2. The second kappa shape index (κ2) is 7.13. The molecule has 0 spiro atoms. The maximum absolute atomic E-state index is 13.5. The van der Waals surface area contributed by atoms with E-state index in [0.29, 0.717) is 40.6 Å². The van der Waals surface area contributed by atoms with Gasteiger partial charge in [-0.25, -0.2) is 0 Å². The topological polar surface area (TPSA) is 89.4 Å². The van der Waals surface area contributed by atoms with Gasteiger partial charge in [0.25, 0.3) is 5.91 Å². The summed E-state index contributed by atoms with van der Waals surface area (Å²) in [5, 5.41) is 4.65. The third-order valence-electron chi connectivity index (χ3n) is 5.03. The summed E-state index contributed by atoms with van der Waals surface area (Å²) in [4.78, 5) is 27.1. The standard InChI is InChI=1S/C21H18ClN3O3/c1-12-18(19(24-28-12)13-6-8-16(22)9-7-13)21(27)25-11-15-5-3-2-4-14(15)10-17(25)20(23)26/h2-9,17H,10-11H2,1H3,(H2,23,26). The van der Waals surface area contributed by atoms with E-state index in [-0.39, 0.29) is 5.91 Å². The van der Waals surface area contributed by atoms with Gasteiger partial charge in [-0.1, -0.05) is 53.2 Å². The van der Waals surface area contributed by atoms with Gasteiger partial charge in [0.05, 0.1) is 0 Å². The van der Waals surface area contributed by atoms with Gasteiger partial charge in [0.15, 0.2) is 0 Å². The van der Waals surface area contributed by atoms with E-state index < -0.39 is 11.9 Å². The minimum atomic E-state index is -0.727. The Hall–Kier alpha value is -3.12. The third-order valence-corrected chi connectivity index (χ3v) is 5.28. The summed E-state index contributed by atoms with van der Waals surface area (Å²) in [7, 11) is 0. The molecule has 0 saturated heterocycles. The lowest BCUT2D eigenvalue weighted by Gasteiger charge is -2.35. The predicted molar refractivity (Wildman–Crippen MR) is 105 cm³/mol. The second-order valence-electron chi connectivity index (χ2n) is 6.79. The minimum Gasteiger partial charge on any atom is -0.368 e. The minimum absolute atomic E-state index is 0.299. The van der Waals surface area contributed by atoms with E-state index in [1.54, 1.807) is 31.2 Å². The summed E-state index contributed by atoms with van der Waals surface area (Å²) in [5.41, 5.74) is 9.09. The fourth-order valence-corrected chi connectivity index (χ4v) is 3.69. The second-order valence-corrected chi connectivity index (χ2v) is 7.23. The zero-order valence-corrected chi connectivity index (χ0v) is 15.9. The van der Waals surface area contributed by atoms with Gasteiger partial charge in [-0.15, -0.1) is 0 Å². The quantitative estimate of drug-likeness (QED) is 0.736. The average molecular weight is 396 g/mol. The highest BCUT2D eigenvalue weighted by molar-refractivity contribution is 6.30. The molecule has 2 N–H and O–H groups in total. The van der Waals surface area contributed by atoms with E-state index in [0.717, 1.165) is 11.1 Å². The van der Waals surface area contributed by atoms with Crippen molar-refractivity contribution < 1.29 is 14.1 Å². The van der Waals surface area contributed by atoms with E-state index in [2.05, 4.69) is 5.16 Å². The zero-order chi connectivity index (χ0) is 19.8. The Labute approximate surface area is 166 Å². The van der Waals surface area contributed by atoms with Gasteiger partial charge in [-0.3, -0.25) is 9.59 Å². The third kappa shape index (κ3) is 3.16. The van der Waals surface area contributed by atoms with Gasteiger partial charge < -0.3 is 15.2 Å². The van der Waals surface area contributed by atoms with E-state index >= 15 is 0 Å². The maximum Gasteiger partial charge on any atom is 0.260 e. The van der Waals surface area contributed by atoms with Gasteiger partial charge in [-0.2, -0.15) is 0 Å². The molecule has 0 radical (unpaired) electrons. The van der Waals surface area contributed by atoms with Crippen LogP contribution in [0.25, 0.3) is 11.3 Å². The van der Waals surface area contributed by atoms with Crippen molar-refractivity contribution in [2.45, 2.75) is 25.9 Å². The molecule has 1 aliphatic rings. The van der Waals surface area contributed by atoms with Gasteiger partial charge >= 0.3 is 0 Å². The molecular weight excluding hydrogens is 378 g/mol. The number of carbonyl (C=O) groups is 2. The molecule has 0 fully saturated rings. The molecule has 4 rings (SSSR count). The number of hydrogen-bond acceptors (Lipinski definition) is 4. The Morgan fingerprint density at radius 2 is 1.82 bits per heavy atom. The highest BCUT2D eigenvalue weighted by Crippen LogP contribution is 2.31. The Morgan fingerprint density at radius 1 is 1.14 bits per heavy atom. The van der Waals surface area contributed by atoms with Crippen LogP contribution in [0.1, 0.15) is 27.2 Å². The summed E-state index contributed by atoms with van der Waals surface area (Å²) in [6.07, 6.45) is 0.387. The maximum atomic E-state index is 13.5. The molecule has 142 valence electrons. The first kappa shape index (κ1) is 18.3. The highest BCUT2D eigenvalue weighted by Gasteiger charge is 2.36. The molecule has 1 atom stereocenters. The summed E-state index contributed by atoms with van der Waals surface area (Å²) in [6.45, 7) is 1.98. The number of primary amides is 1. The number of hydrogen-bond donors (Lipinski definition) is 1. The molecule has 28 heavy (non-hydrogen) atoms. The first-order chi connectivity index (χ1) is 13.5.